The molecule has 0 spiro atoms. The maximum Gasteiger partial charge on any atom is 0.350 e. The lowest BCUT2D eigenvalue weighted by atomic mass is 9.84. The monoisotopic (exact) mass is 818 g/mol. The zero-order valence-corrected chi connectivity index (χ0v) is 34.6. The van der Waals surface area contributed by atoms with Crippen molar-refractivity contribution >= 4 is 16.3 Å². The summed E-state index contributed by atoms with van der Waals surface area (Å²) in [5.74, 6) is 2.56. The van der Waals surface area contributed by atoms with Gasteiger partial charge in [0.15, 0.2) is 11.5 Å². The Bertz CT molecular complexity index is 2610. The van der Waals surface area contributed by atoms with Crippen LogP contribution in [0.4, 0.5) is 0 Å². The fourth-order valence-corrected chi connectivity index (χ4v) is 11.1. The molecule has 0 aromatic heterocycles. The molecule has 0 unspecified atom stereocenters. The fraction of sp³-hybridized carbons (Fsp3) is 0.109. The van der Waals surface area contributed by atoms with E-state index in [9.17, 15) is 0 Å². The molecule has 5 nitrogen and oxygen atoms in total. The number of carbonyl (C=O) groups excluding carboxylic acids is 1. The summed E-state index contributed by atoms with van der Waals surface area (Å²) >= 11 is 0. The highest BCUT2D eigenvalue weighted by Crippen LogP contribution is 2.70. The molecule has 6 heteroatoms. The zero-order chi connectivity index (χ0) is 41.3. The number of rotatable bonds is 13. The normalized spacial score (nSPS) is 13.2. The smallest absolute Gasteiger partial charge is 0.350 e. The van der Waals surface area contributed by atoms with Crippen molar-refractivity contribution in [2.75, 3.05) is 0 Å². The third kappa shape index (κ3) is 8.68. The van der Waals surface area contributed by atoms with Gasteiger partial charge in [-0.05, 0) is 113 Å². The van der Waals surface area contributed by atoms with E-state index in [-0.39, 0.29) is 11.3 Å². The lowest BCUT2D eigenvalue weighted by Gasteiger charge is -2.40. The van der Waals surface area contributed by atoms with Crippen LogP contribution in [0.15, 0.2) is 227 Å². The van der Waals surface area contributed by atoms with Crippen molar-refractivity contribution in [1.29, 1.82) is 0 Å². The van der Waals surface area contributed by atoms with Crippen molar-refractivity contribution in [2.24, 2.45) is 0 Å². The van der Waals surface area contributed by atoms with Gasteiger partial charge in [-0.25, -0.2) is 4.79 Å². The first-order valence-corrected chi connectivity index (χ1v) is 22.4. The van der Waals surface area contributed by atoms with Gasteiger partial charge in [0.25, 0.3) is 0 Å². The molecule has 0 amide bonds. The molecule has 61 heavy (non-hydrogen) atoms. The number of ether oxygens (including phenoxy) is 3. The molecule has 0 saturated heterocycles. The van der Waals surface area contributed by atoms with Gasteiger partial charge in [-0.3, -0.25) is 0 Å². The third-order valence-corrected chi connectivity index (χ3v) is 14.2. The molecule has 0 bridgehead atoms. The Morgan fingerprint density at radius 2 is 0.869 bits per heavy atom. The van der Waals surface area contributed by atoms with E-state index in [4.69, 9.17) is 18.4 Å². The molecule has 8 aromatic carbocycles. The molecule has 1 aliphatic rings. The van der Waals surface area contributed by atoms with Crippen LogP contribution in [0.2, 0.25) is 0 Å². The highest BCUT2D eigenvalue weighted by Gasteiger charge is 2.38. The van der Waals surface area contributed by atoms with Gasteiger partial charge in [-0.15, -0.1) is 0 Å². The summed E-state index contributed by atoms with van der Waals surface area (Å²) < 4.78 is 27.6. The minimum Gasteiger partial charge on any atom is -0.453 e. The second-order valence-corrected chi connectivity index (χ2v) is 17.7. The molecule has 0 atom stereocenters. The van der Waals surface area contributed by atoms with Gasteiger partial charge < -0.3 is 18.4 Å². The van der Waals surface area contributed by atoms with E-state index >= 15 is 4.79 Å². The number of carbonyl (C=O) groups is 1. The second kappa shape index (κ2) is 18.5. The molecule has 1 aliphatic carbocycles. The molecule has 0 radical (unpaired) electrons. The number of para-hydroxylation sites is 3. The molecular formula is C55H46O5S. The van der Waals surface area contributed by atoms with Crippen LogP contribution in [-0.2, 0) is 4.18 Å². The van der Waals surface area contributed by atoms with Crippen molar-refractivity contribution in [3.05, 3.63) is 223 Å². The maximum absolute atomic E-state index is 15.8. The van der Waals surface area contributed by atoms with Crippen LogP contribution in [0.3, 0.4) is 0 Å². The van der Waals surface area contributed by atoms with Crippen LogP contribution in [0.25, 0.3) is 11.1 Å². The number of hydrogen-bond donors (Lipinski definition) is 0. The Balaban J connectivity index is 1.28. The van der Waals surface area contributed by atoms with Crippen LogP contribution < -0.4 is 14.2 Å². The Hall–Kier alpha value is -7.02. The Kier molecular flexibility index (Phi) is 12.0. The molecular weight excluding hydrogens is 773 g/mol. The summed E-state index contributed by atoms with van der Waals surface area (Å²) in [7, 11) is -2.69. The number of benzene rings is 8. The molecule has 0 aliphatic heterocycles. The molecule has 302 valence electrons. The maximum atomic E-state index is 15.8. The van der Waals surface area contributed by atoms with Gasteiger partial charge in [0.05, 0.1) is 5.56 Å². The molecule has 0 heterocycles. The van der Waals surface area contributed by atoms with E-state index in [0.717, 1.165) is 20.2 Å². The Morgan fingerprint density at radius 3 is 1.38 bits per heavy atom. The van der Waals surface area contributed by atoms with Crippen LogP contribution in [0.5, 0.6) is 34.5 Å². The average Bonchev–Trinajstić information content (AvgIpc) is 3.34. The van der Waals surface area contributed by atoms with E-state index in [2.05, 4.69) is 48.5 Å². The van der Waals surface area contributed by atoms with Gasteiger partial charge in [0, 0.05) is 26.3 Å². The minimum absolute atomic E-state index is 0.256. The predicted molar refractivity (Wildman–Crippen MR) is 244 cm³/mol. The number of hydrogen-bond acceptors (Lipinski definition) is 5. The van der Waals surface area contributed by atoms with Crippen molar-refractivity contribution in [3.8, 4) is 45.6 Å². The van der Waals surface area contributed by atoms with Crippen molar-refractivity contribution in [1.82, 2.24) is 0 Å². The molecule has 0 N–H and O–H groups in total. The summed E-state index contributed by atoms with van der Waals surface area (Å²) in [4.78, 5) is 18.5. The van der Waals surface area contributed by atoms with Gasteiger partial charge in [-0.2, -0.15) is 0 Å². The summed E-state index contributed by atoms with van der Waals surface area (Å²) in [5, 5.41) is 0. The predicted octanol–water partition coefficient (Wildman–Crippen LogP) is 15.8. The van der Waals surface area contributed by atoms with Crippen molar-refractivity contribution in [2.45, 2.75) is 52.7 Å². The van der Waals surface area contributed by atoms with E-state index in [0.29, 0.717) is 40.2 Å². The standard InChI is InChI=1S/C55H46O5S/c56-55(60-61(47-32-18-6-19-33-47,48-34-20-7-21-35-48)49-38-36-42(37-39-49)41-22-8-1-9-23-41)50-40-51(57-44-26-12-3-13-27-44)53(58-45-28-14-4-15-29-45)54(59-46-30-16-5-17-31-46)52(50)43-24-10-2-11-25-43/h2-7,10-21,24-41H,1,8-9,22-23H2. The highest BCUT2D eigenvalue weighted by atomic mass is 32.3. The lowest BCUT2D eigenvalue weighted by Crippen LogP contribution is -2.15. The van der Waals surface area contributed by atoms with Crippen molar-refractivity contribution < 1.29 is 23.2 Å². The van der Waals surface area contributed by atoms with Gasteiger partial charge in [-0.1, -0.05) is 153 Å². The van der Waals surface area contributed by atoms with Gasteiger partial charge >= 0.3 is 5.97 Å². The quantitative estimate of drug-likeness (QED) is 0.116. The SMILES string of the molecule is O=C(OS(c1ccccc1)(c1ccccc1)c1ccc(C2CCCCC2)cc1)c1cc(Oc2ccccc2)c(Oc2ccccc2)c(Oc2ccccc2)c1-c1ccccc1. The van der Waals surface area contributed by atoms with Crippen LogP contribution in [-0.4, -0.2) is 5.97 Å². The minimum atomic E-state index is -2.69. The zero-order valence-electron chi connectivity index (χ0n) is 33.8. The second-order valence-electron chi connectivity index (χ2n) is 15.0. The van der Waals surface area contributed by atoms with E-state index in [1.807, 2.05) is 158 Å². The Morgan fingerprint density at radius 1 is 0.443 bits per heavy atom. The average molecular weight is 819 g/mol. The Labute approximate surface area is 359 Å². The summed E-state index contributed by atoms with van der Waals surface area (Å²) in [6, 6.07) is 69.1. The summed E-state index contributed by atoms with van der Waals surface area (Å²) in [6.45, 7) is 0. The highest BCUT2D eigenvalue weighted by molar-refractivity contribution is 8.30. The first-order valence-electron chi connectivity index (χ1n) is 20.9. The summed E-state index contributed by atoms with van der Waals surface area (Å²) in [6.07, 6.45) is 6.17. The van der Waals surface area contributed by atoms with E-state index in [1.165, 1.54) is 37.7 Å². The van der Waals surface area contributed by atoms with Crippen LogP contribution in [0.1, 0.15) is 53.9 Å². The van der Waals surface area contributed by atoms with Gasteiger partial charge in [0.2, 0.25) is 5.75 Å². The van der Waals surface area contributed by atoms with Gasteiger partial charge in [0.1, 0.15) is 17.2 Å². The van der Waals surface area contributed by atoms with Crippen LogP contribution in [0, 0.1) is 0 Å². The van der Waals surface area contributed by atoms with E-state index in [1.54, 1.807) is 6.07 Å². The molecule has 1 fully saturated rings. The first kappa shape index (κ1) is 39.4. The molecule has 1 saturated carbocycles. The van der Waals surface area contributed by atoms with Crippen LogP contribution >= 0.6 is 10.3 Å². The fourth-order valence-electron chi connectivity index (χ4n) is 8.07. The van der Waals surface area contributed by atoms with Crippen molar-refractivity contribution in [3.63, 3.8) is 0 Å². The largest absolute Gasteiger partial charge is 0.453 e. The third-order valence-electron chi connectivity index (χ3n) is 11.0. The molecule has 8 aromatic rings. The summed E-state index contributed by atoms with van der Waals surface area (Å²) in [5.41, 5.74) is 2.82. The first-order chi connectivity index (χ1) is 30.2. The van der Waals surface area contributed by atoms with E-state index < -0.39 is 16.3 Å². The lowest BCUT2D eigenvalue weighted by molar-refractivity contribution is 0.0757. The topological polar surface area (TPSA) is 54.0 Å². The molecule has 9 rings (SSSR count).